The molecule has 4 nitrogen and oxygen atoms in total. The van der Waals surface area contributed by atoms with Gasteiger partial charge in [-0.2, -0.15) is 5.26 Å². The Bertz CT molecular complexity index is 738. The van der Waals surface area contributed by atoms with Crippen molar-refractivity contribution in [1.29, 1.82) is 5.26 Å². The molecule has 0 aliphatic heterocycles. The van der Waals surface area contributed by atoms with E-state index in [0.29, 0.717) is 21.3 Å². The first-order chi connectivity index (χ1) is 10.5. The van der Waals surface area contributed by atoms with Gasteiger partial charge in [0.1, 0.15) is 0 Å². The molecule has 0 radical (unpaired) electrons. The Balaban J connectivity index is 2.00. The van der Waals surface area contributed by atoms with Crippen molar-refractivity contribution in [2.24, 2.45) is 0 Å². The first-order valence-corrected chi connectivity index (χ1v) is 8.05. The third kappa shape index (κ3) is 4.52. The molecule has 1 aromatic carbocycles. The second-order valence-electron chi connectivity index (χ2n) is 4.08. The maximum Gasteiger partial charge on any atom is 0.234 e. The van der Waals surface area contributed by atoms with E-state index in [1.807, 2.05) is 6.07 Å². The smallest absolute Gasteiger partial charge is 0.234 e. The van der Waals surface area contributed by atoms with Gasteiger partial charge in [-0.3, -0.25) is 4.79 Å². The van der Waals surface area contributed by atoms with Gasteiger partial charge in [0, 0.05) is 11.2 Å². The molecule has 2 rings (SSSR count). The van der Waals surface area contributed by atoms with Gasteiger partial charge in [0.05, 0.1) is 38.1 Å². The Hall–Kier alpha value is -1.45. The number of carbonyl (C=O) groups is 1. The molecule has 0 spiro atoms. The highest BCUT2D eigenvalue weighted by Gasteiger charge is 2.12. The standard InChI is InChI=1S/C14H8Cl3N3OS/c15-9-4-10(16)14(11(17)5-9)20-12(21)7-22-13-3-8(6-18)1-2-19-13/h1-5H,7H2,(H,20,21). The van der Waals surface area contributed by atoms with E-state index < -0.39 is 0 Å². The predicted octanol–water partition coefficient (Wildman–Crippen LogP) is 4.64. The summed E-state index contributed by atoms with van der Waals surface area (Å²) in [5, 5.41) is 12.9. The van der Waals surface area contributed by atoms with Crippen LogP contribution in [-0.2, 0) is 4.79 Å². The van der Waals surface area contributed by atoms with Gasteiger partial charge in [0.2, 0.25) is 5.91 Å². The highest BCUT2D eigenvalue weighted by molar-refractivity contribution is 7.99. The van der Waals surface area contributed by atoms with Crippen LogP contribution in [0, 0.1) is 11.3 Å². The van der Waals surface area contributed by atoms with E-state index in [4.69, 9.17) is 40.1 Å². The second-order valence-corrected chi connectivity index (χ2v) is 6.32. The molecule has 0 atom stereocenters. The molecule has 1 heterocycles. The van der Waals surface area contributed by atoms with Gasteiger partial charge in [-0.1, -0.05) is 46.6 Å². The monoisotopic (exact) mass is 371 g/mol. The van der Waals surface area contributed by atoms with Crippen molar-refractivity contribution in [2.45, 2.75) is 5.03 Å². The van der Waals surface area contributed by atoms with Gasteiger partial charge in [0.15, 0.2) is 0 Å². The van der Waals surface area contributed by atoms with E-state index in [1.165, 1.54) is 30.1 Å². The number of nitrogens with one attached hydrogen (secondary N) is 1. The van der Waals surface area contributed by atoms with Gasteiger partial charge < -0.3 is 5.32 Å². The molecular formula is C14H8Cl3N3OS. The predicted molar refractivity (Wildman–Crippen MR) is 89.8 cm³/mol. The van der Waals surface area contributed by atoms with Crippen LogP contribution in [-0.4, -0.2) is 16.6 Å². The van der Waals surface area contributed by atoms with E-state index in [-0.39, 0.29) is 21.7 Å². The SMILES string of the molecule is N#Cc1ccnc(SCC(=O)Nc2c(Cl)cc(Cl)cc2Cl)c1. The van der Waals surface area contributed by atoms with Gasteiger partial charge >= 0.3 is 0 Å². The van der Waals surface area contributed by atoms with Gasteiger partial charge in [-0.05, 0) is 24.3 Å². The molecule has 0 fully saturated rings. The second kappa shape index (κ2) is 7.70. The summed E-state index contributed by atoms with van der Waals surface area (Å²) in [6.07, 6.45) is 1.52. The van der Waals surface area contributed by atoms with Gasteiger partial charge in [-0.25, -0.2) is 4.98 Å². The van der Waals surface area contributed by atoms with Crippen LogP contribution in [0.25, 0.3) is 0 Å². The van der Waals surface area contributed by atoms with Crippen LogP contribution in [0.5, 0.6) is 0 Å². The van der Waals surface area contributed by atoms with Crippen molar-refractivity contribution in [3.8, 4) is 6.07 Å². The fraction of sp³-hybridized carbons (Fsp3) is 0.0714. The number of hydrogen-bond acceptors (Lipinski definition) is 4. The topological polar surface area (TPSA) is 65.8 Å². The average molecular weight is 373 g/mol. The number of aromatic nitrogens is 1. The van der Waals surface area contributed by atoms with E-state index in [0.717, 1.165) is 0 Å². The molecule has 112 valence electrons. The minimum absolute atomic E-state index is 0.108. The molecule has 8 heteroatoms. The number of anilines is 1. The highest BCUT2D eigenvalue weighted by atomic mass is 35.5. The third-order valence-corrected chi connectivity index (χ3v) is 4.23. The van der Waals surface area contributed by atoms with Crippen molar-refractivity contribution in [2.75, 3.05) is 11.1 Å². The summed E-state index contributed by atoms with van der Waals surface area (Å²) in [7, 11) is 0. The normalized spacial score (nSPS) is 10.1. The number of benzene rings is 1. The van der Waals surface area contributed by atoms with Crippen LogP contribution >= 0.6 is 46.6 Å². The number of amides is 1. The number of rotatable bonds is 4. The van der Waals surface area contributed by atoms with Gasteiger partial charge in [-0.15, -0.1) is 0 Å². The summed E-state index contributed by atoms with van der Waals surface area (Å²) in [4.78, 5) is 16.0. The van der Waals surface area contributed by atoms with E-state index >= 15 is 0 Å². The number of hydrogen-bond donors (Lipinski definition) is 1. The molecule has 1 amide bonds. The summed E-state index contributed by atoms with van der Waals surface area (Å²) in [6.45, 7) is 0. The quantitative estimate of drug-likeness (QED) is 0.794. The molecule has 1 aromatic heterocycles. The lowest BCUT2D eigenvalue weighted by molar-refractivity contribution is -0.113. The Kier molecular flexibility index (Phi) is 5.92. The number of halogens is 3. The lowest BCUT2D eigenvalue weighted by Gasteiger charge is -2.09. The van der Waals surface area contributed by atoms with E-state index in [1.54, 1.807) is 12.1 Å². The highest BCUT2D eigenvalue weighted by Crippen LogP contribution is 2.33. The first kappa shape index (κ1) is 16.9. The van der Waals surface area contributed by atoms with Crippen LogP contribution in [0.3, 0.4) is 0 Å². The fourth-order valence-corrected chi connectivity index (χ4v) is 3.14. The van der Waals surface area contributed by atoms with Crippen molar-refractivity contribution in [3.05, 3.63) is 51.1 Å². The molecule has 1 N–H and O–H groups in total. The first-order valence-electron chi connectivity index (χ1n) is 5.93. The zero-order valence-corrected chi connectivity index (χ0v) is 14.0. The molecule has 0 unspecified atom stereocenters. The maximum atomic E-state index is 12.0. The lowest BCUT2D eigenvalue weighted by atomic mass is 10.3. The van der Waals surface area contributed by atoms with Crippen molar-refractivity contribution in [3.63, 3.8) is 0 Å². The van der Waals surface area contributed by atoms with Crippen LogP contribution in [0.4, 0.5) is 5.69 Å². The third-order valence-electron chi connectivity index (χ3n) is 2.49. The lowest BCUT2D eigenvalue weighted by Crippen LogP contribution is -2.14. The molecule has 0 bridgehead atoms. The summed E-state index contributed by atoms with van der Waals surface area (Å²) >= 11 is 19.0. The van der Waals surface area contributed by atoms with E-state index in [2.05, 4.69) is 10.3 Å². The van der Waals surface area contributed by atoms with Crippen LogP contribution in [0.1, 0.15) is 5.56 Å². The largest absolute Gasteiger partial charge is 0.323 e. The molecular weight excluding hydrogens is 365 g/mol. The summed E-state index contributed by atoms with van der Waals surface area (Å²) in [5.74, 6) is -0.183. The summed E-state index contributed by atoms with van der Waals surface area (Å²) in [6, 6.07) is 8.21. The Morgan fingerprint density at radius 3 is 2.59 bits per heavy atom. The minimum Gasteiger partial charge on any atom is -0.323 e. The van der Waals surface area contributed by atoms with Crippen LogP contribution in [0.15, 0.2) is 35.5 Å². The Labute approximate surface area is 146 Å². The minimum atomic E-state index is -0.291. The zero-order chi connectivity index (χ0) is 16.1. The van der Waals surface area contributed by atoms with Crippen molar-refractivity contribution < 1.29 is 4.79 Å². The number of nitrogens with zero attached hydrogens (tertiary/aromatic N) is 2. The molecule has 0 saturated heterocycles. The zero-order valence-electron chi connectivity index (χ0n) is 10.9. The molecule has 22 heavy (non-hydrogen) atoms. The summed E-state index contributed by atoms with van der Waals surface area (Å²) in [5.41, 5.74) is 0.804. The number of carbonyl (C=O) groups excluding carboxylic acids is 1. The van der Waals surface area contributed by atoms with E-state index in [9.17, 15) is 4.79 Å². The number of pyridine rings is 1. The molecule has 0 aliphatic carbocycles. The van der Waals surface area contributed by atoms with Crippen molar-refractivity contribution in [1.82, 2.24) is 4.98 Å². The van der Waals surface area contributed by atoms with Crippen molar-refractivity contribution >= 4 is 58.2 Å². The molecule has 0 saturated carbocycles. The average Bonchev–Trinajstić information content (AvgIpc) is 2.49. The molecule has 0 aliphatic rings. The number of nitriles is 1. The fourth-order valence-electron chi connectivity index (χ4n) is 1.53. The van der Waals surface area contributed by atoms with Crippen LogP contribution in [0.2, 0.25) is 15.1 Å². The number of thioether (sulfide) groups is 1. The molecule has 2 aromatic rings. The van der Waals surface area contributed by atoms with Gasteiger partial charge in [0.25, 0.3) is 0 Å². The Morgan fingerprint density at radius 1 is 1.27 bits per heavy atom. The Morgan fingerprint density at radius 2 is 1.95 bits per heavy atom. The maximum absolute atomic E-state index is 12.0. The summed E-state index contributed by atoms with van der Waals surface area (Å²) < 4.78 is 0. The van der Waals surface area contributed by atoms with Crippen LogP contribution < -0.4 is 5.32 Å².